The first-order valence-electron chi connectivity index (χ1n) is 5.80. The topological polar surface area (TPSA) is 37.4 Å². The highest BCUT2D eigenvalue weighted by Gasteiger charge is 2.38. The number of amides is 1. The molecular weight excluding hydrogens is 234 g/mol. The minimum Gasteiger partial charge on any atom is -0.323 e. The van der Waals surface area contributed by atoms with Gasteiger partial charge < -0.3 is 4.90 Å². The summed E-state index contributed by atoms with van der Waals surface area (Å²) >= 11 is 0. The van der Waals surface area contributed by atoms with E-state index in [4.69, 9.17) is 0 Å². The predicted molar refractivity (Wildman–Crippen MR) is 68.6 cm³/mol. The van der Waals surface area contributed by atoms with Crippen LogP contribution >= 0.6 is 0 Å². The number of carbonyl (C=O) groups is 1. The maximum atomic E-state index is 11.9. The van der Waals surface area contributed by atoms with Crippen molar-refractivity contribution in [3.8, 4) is 0 Å². The predicted octanol–water partition coefficient (Wildman–Crippen LogP) is 1.76. The van der Waals surface area contributed by atoms with E-state index >= 15 is 0 Å². The van der Waals surface area contributed by atoms with Gasteiger partial charge in [-0.15, -0.1) is 0 Å². The molecule has 0 aromatic heterocycles. The summed E-state index contributed by atoms with van der Waals surface area (Å²) < 4.78 is 11.9. The molecular formula is C13H17NO2S. The van der Waals surface area contributed by atoms with E-state index in [0.29, 0.717) is 6.54 Å². The largest absolute Gasteiger partial charge is 0.323 e. The molecule has 1 aromatic carbocycles. The highest BCUT2D eigenvalue weighted by atomic mass is 32.2. The van der Waals surface area contributed by atoms with Gasteiger partial charge >= 0.3 is 0 Å². The Morgan fingerprint density at radius 1 is 1.35 bits per heavy atom. The Morgan fingerprint density at radius 3 is 2.59 bits per heavy atom. The molecule has 0 spiro atoms. The van der Waals surface area contributed by atoms with Crippen molar-refractivity contribution in [2.75, 3.05) is 5.75 Å². The summed E-state index contributed by atoms with van der Waals surface area (Å²) in [5, 5.41) is -0.136. The molecule has 0 bridgehead atoms. The molecule has 1 fully saturated rings. The summed E-state index contributed by atoms with van der Waals surface area (Å²) in [5.74, 6) is 0.409. The monoisotopic (exact) mass is 251 g/mol. The highest BCUT2D eigenvalue weighted by molar-refractivity contribution is 7.86. The zero-order valence-corrected chi connectivity index (χ0v) is 10.9. The minimum atomic E-state index is -1.05. The summed E-state index contributed by atoms with van der Waals surface area (Å²) in [7, 11) is -1.05. The van der Waals surface area contributed by atoms with E-state index in [9.17, 15) is 9.00 Å². The molecule has 1 saturated heterocycles. The van der Waals surface area contributed by atoms with Crippen LogP contribution < -0.4 is 0 Å². The Hall–Kier alpha value is -1.16. The fraction of sp³-hybridized carbons (Fsp3) is 0.462. The van der Waals surface area contributed by atoms with Crippen molar-refractivity contribution in [3.05, 3.63) is 35.9 Å². The molecule has 17 heavy (non-hydrogen) atoms. The van der Waals surface area contributed by atoms with Crippen molar-refractivity contribution in [1.82, 2.24) is 4.90 Å². The molecule has 1 aliphatic heterocycles. The summed E-state index contributed by atoms with van der Waals surface area (Å²) in [6, 6.07) is 9.85. The Morgan fingerprint density at radius 2 is 2.00 bits per heavy atom. The lowest BCUT2D eigenvalue weighted by Crippen LogP contribution is -2.37. The second kappa shape index (κ2) is 5.00. The maximum Gasteiger partial charge on any atom is 0.236 e. The standard InChI is InChI=1S/C13H17NO2S/c1-10(2)13-14(12(15)9-17(13)16)8-11-6-4-3-5-7-11/h3-7,10,13H,8-9H2,1-2H3. The molecule has 2 unspecified atom stereocenters. The van der Waals surface area contributed by atoms with Crippen molar-refractivity contribution in [1.29, 1.82) is 0 Å². The second-order valence-corrected chi connectivity index (χ2v) is 6.20. The average Bonchev–Trinajstić information content (AvgIpc) is 2.55. The SMILES string of the molecule is CC(C)C1N(Cc2ccccc2)C(=O)CS1=O. The van der Waals surface area contributed by atoms with Gasteiger partial charge in [-0.3, -0.25) is 9.00 Å². The zero-order valence-electron chi connectivity index (χ0n) is 10.1. The summed E-state index contributed by atoms with van der Waals surface area (Å²) in [6.07, 6.45) is 0. The first kappa shape index (κ1) is 12.3. The van der Waals surface area contributed by atoms with E-state index in [2.05, 4.69) is 0 Å². The molecule has 2 rings (SSSR count). The summed E-state index contributed by atoms with van der Waals surface area (Å²) in [5.41, 5.74) is 1.09. The molecule has 0 saturated carbocycles. The number of carbonyl (C=O) groups excluding carboxylic acids is 1. The smallest absolute Gasteiger partial charge is 0.236 e. The van der Waals surface area contributed by atoms with Crippen LogP contribution in [0.25, 0.3) is 0 Å². The molecule has 0 N–H and O–H groups in total. The van der Waals surface area contributed by atoms with Gasteiger partial charge in [0.1, 0.15) is 11.1 Å². The Bertz CT molecular complexity index is 430. The molecule has 4 heteroatoms. The normalized spacial score (nSPS) is 24.6. The molecule has 92 valence electrons. The fourth-order valence-electron chi connectivity index (χ4n) is 2.20. The van der Waals surface area contributed by atoms with Crippen LogP contribution in [0.1, 0.15) is 19.4 Å². The van der Waals surface area contributed by atoms with Crippen LogP contribution in [0, 0.1) is 5.92 Å². The minimum absolute atomic E-state index is 0.00545. The molecule has 0 aliphatic carbocycles. The van der Waals surface area contributed by atoms with E-state index in [1.165, 1.54) is 0 Å². The lowest BCUT2D eigenvalue weighted by atomic mass is 10.1. The lowest BCUT2D eigenvalue weighted by Gasteiger charge is -2.26. The van der Waals surface area contributed by atoms with Crippen LogP contribution in [0.4, 0.5) is 0 Å². The number of rotatable bonds is 3. The number of hydrogen-bond donors (Lipinski definition) is 0. The van der Waals surface area contributed by atoms with Crippen LogP contribution in [0.3, 0.4) is 0 Å². The van der Waals surface area contributed by atoms with Crippen LogP contribution in [-0.2, 0) is 22.1 Å². The van der Waals surface area contributed by atoms with Crippen LogP contribution in [0.15, 0.2) is 30.3 Å². The van der Waals surface area contributed by atoms with Gasteiger partial charge in [0, 0.05) is 6.54 Å². The number of hydrogen-bond acceptors (Lipinski definition) is 2. The van der Waals surface area contributed by atoms with Gasteiger partial charge in [0.25, 0.3) is 0 Å². The van der Waals surface area contributed by atoms with Gasteiger partial charge in [0.05, 0.1) is 10.8 Å². The van der Waals surface area contributed by atoms with Gasteiger partial charge in [-0.2, -0.15) is 0 Å². The van der Waals surface area contributed by atoms with Crippen molar-refractivity contribution in [2.24, 2.45) is 5.92 Å². The fourth-order valence-corrected chi connectivity index (χ4v) is 3.86. The second-order valence-electron chi connectivity index (χ2n) is 4.67. The van der Waals surface area contributed by atoms with E-state index in [1.807, 2.05) is 44.2 Å². The van der Waals surface area contributed by atoms with E-state index in [1.54, 1.807) is 4.90 Å². The van der Waals surface area contributed by atoms with E-state index in [0.717, 1.165) is 5.56 Å². The third-order valence-electron chi connectivity index (χ3n) is 2.93. The number of nitrogens with zero attached hydrogens (tertiary/aromatic N) is 1. The molecule has 2 atom stereocenters. The van der Waals surface area contributed by atoms with Crippen molar-refractivity contribution in [2.45, 2.75) is 25.8 Å². The Kier molecular flexibility index (Phi) is 3.62. The van der Waals surface area contributed by atoms with Crippen LogP contribution in [0.5, 0.6) is 0 Å². The van der Waals surface area contributed by atoms with E-state index in [-0.39, 0.29) is 23.0 Å². The third-order valence-corrected chi connectivity index (χ3v) is 4.80. The maximum absolute atomic E-state index is 11.9. The van der Waals surface area contributed by atoms with Crippen molar-refractivity contribution in [3.63, 3.8) is 0 Å². The van der Waals surface area contributed by atoms with Crippen LogP contribution in [-0.4, -0.2) is 26.1 Å². The third kappa shape index (κ3) is 2.57. The van der Waals surface area contributed by atoms with Crippen molar-refractivity contribution >= 4 is 16.7 Å². The number of benzene rings is 1. The quantitative estimate of drug-likeness (QED) is 0.821. The molecule has 1 amide bonds. The highest BCUT2D eigenvalue weighted by Crippen LogP contribution is 2.24. The molecule has 3 nitrogen and oxygen atoms in total. The first-order valence-corrected chi connectivity index (χ1v) is 7.18. The lowest BCUT2D eigenvalue weighted by molar-refractivity contribution is -0.129. The average molecular weight is 251 g/mol. The Balaban J connectivity index is 2.19. The van der Waals surface area contributed by atoms with E-state index < -0.39 is 10.8 Å². The van der Waals surface area contributed by atoms with Gasteiger partial charge in [-0.25, -0.2) is 0 Å². The van der Waals surface area contributed by atoms with Gasteiger partial charge in [-0.1, -0.05) is 44.2 Å². The zero-order chi connectivity index (χ0) is 12.4. The molecule has 1 heterocycles. The van der Waals surface area contributed by atoms with Crippen LogP contribution in [0.2, 0.25) is 0 Å². The van der Waals surface area contributed by atoms with Gasteiger partial charge in [0.2, 0.25) is 5.91 Å². The van der Waals surface area contributed by atoms with Crippen molar-refractivity contribution < 1.29 is 9.00 Å². The first-order chi connectivity index (χ1) is 8.09. The van der Waals surface area contributed by atoms with Gasteiger partial charge in [-0.05, 0) is 11.5 Å². The summed E-state index contributed by atoms with van der Waals surface area (Å²) in [4.78, 5) is 13.6. The van der Waals surface area contributed by atoms with Gasteiger partial charge in [0.15, 0.2) is 0 Å². The molecule has 0 radical (unpaired) electrons. The summed E-state index contributed by atoms with van der Waals surface area (Å²) in [6.45, 7) is 4.59. The Labute approximate surface area is 104 Å². The molecule has 1 aliphatic rings. The molecule has 1 aromatic rings.